The van der Waals surface area contributed by atoms with Crippen LogP contribution in [0.1, 0.15) is 19.4 Å². The first-order chi connectivity index (χ1) is 7.76. The number of hydrogen-bond donors (Lipinski definition) is 2. The second-order valence-electron chi connectivity index (χ2n) is 3.48. The van der Waals surface area contributed by atoms with Crippen molar-refractivity contribution in [3.63, 3.8) is 0 Å². The predicted octanol–water partition coefficient (Wildman–Crippen LogP) is 2.31. The maximum atomic E-state index is 11.4. The second-order valence-corrected chi connectivity index (χ2v) is 3.48. The van der Waals surface area contributed by atoms with Crippen LogP contribution in [0.2, 0.25) is 0 Å². The molecule has 86 valence electrons. The number of rotatable bonds is 5. The molecule has 0 aromatic heterocycles. The molecular formula is C13H18N2O. The molecule has 1 aromatic rings. The summed E-state index contributed by atoms with van der Waals surface area (Å²) in [5.41, 5.74) is 2.11. The highest BCUT2D eigenvalue weighted by atomic mass is 16.1. The number of hydrogen-bond acceptors (Lipinski definition) is 2. The molecule has 0 saturated heterocycles. The fraction of sp³-hybridized carbons (Fsp3) is 0.308. The Hall–Kier alpha value is -1.77. The molecule has 3 nitrogen and oxygen atoms in total. The van der Waals surface area contributed by atoms with Gasteiger partial charge in [-0.2, -0.15) is 0 Å². The van der Waals surface area contributed by atoms with Gasteiger partial charge < -0.3 is 10.6 Å². The third-order valence-corrected chi connectivity index (χ3v) is 2.19. The van der Waals surface area contributed by atoms with Crippen molar-refractivity contribution in [2.45, 2.75) is 20.3 Å². The van der Waals surface area contributed by atoms with Crippen LogP contribution in [0.5, 0.6) is 0 Å². The van der Waals surface area contributed by atoms with Crippen LogP contribution in [0.25, 0.3) is 0 Å². The summed E-state index contributed by atoms with van der Waals surface area (Å²) in [6.07, 6.45) is 4.61. The number of anilines is 1. The molecule has 0 fully saturated rings. The van der Waals surface area contributed by atoms with Gasteiger partial charge in [-0.3, -0.25) is 4.79 Å². The maximum absolute atomic E-state index is 11.4. The lowest BCUT2D eigenvalue weighted by molar-refractivity contribution is -0.115. The zero-order valence-electron chi connectivity index (χ0n) is 9.79. The molecule has 0 spiro atoms. The molecule has 0 atom stereocenters. The van der Waals surface area contributed by atoms with Crippen LogP contribution in [0, 0.1) is 0 Å². The maximum Gasteiger partial charge on any atom is 0.243 e. The Kier molecular flexibility index (Phi) is 5.12. The Morgan fingerprint density at radius 1 is 1.31 bits per heavy atom. The van der Waals surface area contributed by atoms with E-state index in [9.17, 15) is 4.79 Å². The molecule has 1 rings (SSSR count). The molecular weight excluding hydrogens is 200 g/mol. The van der Waals surface area contributed by atoms with Gasteiger partial charge in [0.2, 0.25) is 5.91 Å². The molecule has 16 heavy (non-hydrogen) atoms. The lowest BCUT2D eigenvalue weighted by Crippen LogP contribution is -2.24. The van der Waals surface area contributed by atoms with E-state index in [2.05, 4.69) is 17.6 Å². The Labute approximate surface area is 96.6 Å². The van der Waals surface area contributed by atoms with Crippen LogP contribution in [-0.2, 0) is 11.2 Å². The first-order valence-corrected chi connectivity index (χ1v) is 5.49. The van der Waals surface area contributed by atoms with Gasteiger partial charge in [0.15, 0.2) is 0 Å². The monoisotopic (exact) mass is 218 g/mol. The van der Waals surface area contributed by atoms with E-state index < -0.39 is 0 Å². The van der Waals surface area contributed by atoms with Crippen molar-refractivity contribution in [1.29, 1.82) is 0 Å². The number of nitrogens with one attached hydrogen (secondary N) is 2. The molecule has 0 aliphatic rings. The fourth-order valence-electron chi connectivity index (χ4n) is 1.30. The zero-order valence-corrected chi connectivity index (χ0v) is 9.79. The summed E-state index contributed by atoms with van der Waals surface area (Å²) in [5.74, 6) is -0.0395. The van der Waals surface area contributed by atoms with E-state index in [0.717, 1.165) is 12.1 Å². The first kappa shape index (κ1) is 12.3. The molecule has 0 saturated carbocycles. The van der Waals surface area contributed by atoms with E-state index in [1.165, 1.54) is 5.56 Å². The number of allylic oxidation sites excluding steroid dienone is 1. The third kappa shape index (κ3) is 4.17. The number of aryl methyl sites for hydroxylation is 1. The highest BCUT2D eigenvalue weighted by Crippen LogP contribution is 2.09. The molecule has 0 unspecified atom stereocenters. The average Bonchev–Trinajstić information content (AvgIpc) is 2.30. The van der Waals surface area contributed by atoms with Crippen LogP contribution >= 0.6 is 0 Å². The van der Waals surface area contributed by atoms with E-state index >= 15 is 0 Å². The molecule has 0 heterocycles. The van der Waals surface area contributed by atoms with Crippen molar-refractivity contribution in [3.8, 4) is 0 Å². The van der Waals surface area contributed by atoms with Gasteiger partial charge in [0.25, 0.3) is 0 Å². The predicted molar refractivity (Wildman–Crippen MR) is 67.3 cm³/mol. The number of amides is 1. The quantitative estimate of drug-likeness (QED) is 0.796. The normalized spacial score (nSPS) is 10.4. The molecule has 0 aliphatic carbocycles. The smallest absolute Gasteiger partial charge is 0.243 e. The molecule has 1 amide bonds. The Morgan fingerprint density at radius 3 is 2.56 bits per heavy atom. The van der Waals surface area contributed by atoms with Crippen molar-refractivity contribution in [2.24, 2.45) is 0 Å². The van der Waals surface area contributed by atoms with Gasteiger partial charge in [0.05, 0.1) is 6.54 Å². The molecule has 2 N–H and O–H groups in total. The minimum atomic E-state index is -0.0395. The van der Waals surface area contributed by atoms with Crippen LogP contribution in [0.15, 0.2) is 36.5 Å². The van der Waals surface area contributed by atoms with E-state index in [1.807, 2.05) is 37.3 Å². The summed E-state index contributed by atoms with van der Waals surface area (Å²) in [6, 6.07) is 7.89. The van der Waals surface area contributed by atoms with Crippen molar-refractivity contribution in [1.82, 2.24) is 5.32 Å². The highest BCUT2D eigenvalue weighted by molar-refractivity contribution is 5.92. The van der Waals surface area contributed by atoms with Crippen LogP contribution in [-0.4, -0.2) is 12.5 Å². The average molecular weight is 218 g/mol. The van der Waals surface area contributed by atoms with E-state index in [-0.39, 0.29) is 5.91 Å². The van der Waals surface area contributed by atoms with Crippen LogP contribution < -0.4 is 10.6 Å². The van der Waals surface area contributed by atoms with E-state index in [0.29, 0.717) is 6.54 Å². The van der Waals surface area contributed by atoms with Gasteiger partial charge in [-0.25, -0.2) is 0 Å². The lowest BCUT2D eigenvalue weighted by Gasteiger charge is -2.05. The Balaban J connectivity index is 2.43. The molecule has 1 aromatic carbocycles. The van der Waals surface area contributed by atoms with Gasteiger partial charge in [-0.05, 0) is 37.2 Å². The van der Waals surface area contributed by atoms with Crippen LogP contribution in [0.4, 0.5) is 5.69 Å². The summed E-state index contributed by atoms with van der Waals surface area (Å²) >= 11 is 0. The zero-order chi connectivity index (χ0) is 11.8. The standard InChI is InChI=1S/C13H18N2O/c1-3-9-14-10-13(16)15-12-7-5-11(4-2)6-8-12/h3,5-9,14H,4,10H2,1-2H3,(H,15,16). The molecule has 0 aliphatic heterocycles. The largest absolute Gasteiger partial charge is 0.382 e. The number of carbonyl (C=O) groups is 1. The molecule has 0 bridgehead atoms. The number of benzene rings is 1. The first-order valence-electron chi connectivity index (χ1n) is 5.49. The highest BCUT2D eigenvalue weighted by Gasteiger charge is 1.99. The summed E-state index contributed by atoms with van der Waals surface area (Å²) in [6.45, 7) is 4.29. The minimum Gasteiger partial charge on any atom is -0.382 e. The van der Waals surface area contributed by atoms with Crippen molar-refractivity contribution in [2.75, 3.05) is 11.9 Å². The lowest BCUT2D eigenvalue weighted by atomic mass is 10.1. The van der Waals surface area contributed by atoms with Crippen molar-refractivity contribution in [3.05, 3.63) is 42.1 Å². The third-order valence-electron chi connectivity index (χ3n) is 2.19. The summed E-state index contributed by atoms with van der Waals surface area (Å²) < 4.78 is 0. The minimum absolute atomic E-state index is 0.0395. The van der Waals surface area contributed by atoms with Crippen molar-refractivity contribution < 1.29 is 4.79 Å². The summed E-state index contributed by atoms with van der Waals surface area (Å²) in [4.78, 5) is 11.4. The van der Waals surface area contributed by atoms with E-state index in [4.69, 9.17) is 0 Å². The van der Waals surface area contributed by atoms with E-state index in [1.54, 1.807) is 6.20 Å². The van der Waals surface area contributed by atoms with Gasteiger partial charge in [-0.1, -0.05) is 25.1 Å². The molecule has 0 radical (unpaired) electrons. The Bertz CT molecular complexity index is 355. The van der Waals surface area contributed by atoms with Crippen molar-refractivity contribution >= 4 is 11.6 Å². The Morgan fingerprint density at radius 2 is 2.00 bits per heavy atom. The number of carbonyl (C=O) groups excluding carboxylic acids is 1. The van der Waals surface area contributed by atoms with Crippen LogP contribution in [0.3, 0.4) is 0 Å². The van der Waals surface area contributed by atoms with Gasteiger partial charge in [0, 0.05) is 5.69 Å². The summed E-state index contributed by atoms with van der Waals surface area (Å²) in [7, 11) is 0. The van der Waals surface area contributed by atoms with Gasteiger partial charge >= 0.3 is 0 Å². The SMILES string of the molecule is CC=CNCC(=O)Nc1ccc(CC)cc1. The topological polar surface area (TPSA) is 41.1 Å². The molecule has 3 heteroatoms. The second kappa shape index (κ2) is 6.67. The summed E-state index contributed by atoms with van der Waals surface area (Å²) in [5, 5.41) is 5.70. The van der Waals surface area contributed by atoms with Gasteiger partial charge in [0.1, 0.15) is 0 Å². The van der Waals surface area contributed by atoms with Gasteiger partial charge in [-0.15, -0.1) is 0 Å². The fourth-order valence-corrected chi connectivity index (χ4v) is 1.30.